The summed E-state index contributed by atoms with van der Waals surface area (Å²) >= 11 is 19.3. The molecule has 1 aromatic rings. The Hall–Kier alpha value is 0.804. The SMILES string of the molecule is Clc1cccc([CH](Cl)[Ti])c1Cl. The molecule has 1 unspecified atom stereocenters. The van der Waals surface area contributed by atoms with Gasteiger partial charge in [-0.3, -0.25) is 0 Å². The van der Waals surface area contributed by atoms with Crippen LogP contribution in [-0.4, -0.2) is 0 Å². The van der Waals surface area contributed by atoms with E-state index >= 15 is 0 Å². The molecule has 4 heteroatoms. The maximum atomic E-state index is 5.87. The molecule has 0 aromatic heterocycles. The summed E-state index contributed by atoms with van der Waals surface area (Å²) in [6, 6.07) is 5.45. The number of halogens is 3. The van der Waals surface area contributed by atoms with Gasteiger partial charge in [-0.2, -0.15) is 0 Å². The van der Waals surface area contributed by atoms with E-state index in [1.165, 1.54) is 0 Å². The molecule has 1 atom stereocenters. The Balaban J connectivity index is 3.17. The van der Waals surface area contributed by atoms with Crippen LogP contribution in [0.2, 0.25) is 10.0 Å². The molecule has 0 radical (unpaired) electrons. The summed E-state index contributed by atoms with van der Waals surface area (Å²) in [4.78, 5) is 0. The van der Waals surface area contributed by atoms with Crippen LogP contribution in [0.15, 0.2) is 18.2 Å². The van der Waals surface area contributed by atoms with Gasteiger partial charge in [0.15, 0.2) is 0 Å². The van der Waals surface area contributed by atoms with Crippen LogP contribution < -0.4 is 0 Å². The van der Waals surface area contributed by atoms with Crippen LogP contribution in [-0.2, 0) is 20.4 Å². The van der Waals surface area contributed by atoms with Gasteiger partial charge in [-0.15, -0.1) is 0 Å². The van der Waals surface area contributed by atoms with E-state index in [0.717, 1.165) is 5.56 Å². The molecule has 1 aromatic carbocycles. The van der Waals surface area contributed by atoms with Crippen LogP contribution in [0.25, 0.3) is 0 Å². The van der Waals surface area contributed by atoms with Crippen molar-refractivity contribution < 1.29 is 20.4 Å². The van der Waals surface area contributed by atoms with E-state index in [0.29, 0.717) is 10.0 Å². The van der Waals surface area contributed by atoms with E-state index in [1.807, 2.05) is 32.6 Å². The topological polar surface area (TPSA) is 0 Å². The number of hydrogen-bond acceptors (Lipinski definition) is 0. The molecule has 1 rings (SSSR count). The standard InChI is InChI=1S/C7H4Cl3.Ti/c8-4-5-2-1-3-6(9)7(5)10;/h1-4H;. The van der Waals surface area contributed by atoms with Crippen molar-refractivity contribution in [3.05, 3.63) is 33.8 Å². The monoisotopic (exact) mass is 241 g/mol. The fourth-order valence-corrected chi connectivity index (χ4v) is 1.89. The Morgan fingerprint density at radius 2 is 1.91 bits per heavy atom. The predicted octanol–water partition coefficient (Wildman–Crippen LogP) is 3.78. The molecule has 0 aliphatic rings. The molecule has 0 heterocycles. The van der Waals surface area contributed by atoms with Gasteiger partial charge < -0.3 is 0 Å². The average Bonchev–Trinajstić information content (AvgIpc) is 1.94. The first-order valence-corrected chi connectivity index (χ1v) is 5.01. The van der Waals surface area contributed by atoms with Gasteiger partial charge in [0.1, 0.15) is 0 Å². The van der Waals surface area contributed by atoms with Gasteiger partial charge in [0, 0.05) is 0 Å². The van der Waals surface area contributed by atoms with Crippen molar-refractivity contribution in [1.82, 2.24) is 0 Å². The molecular formula is C7H4Cl3Ti. The Morgan fingerprint density at radius 1 is 1.27 bits per heavy atom. The predicted molar refractivity (Wildman–Crippen MR) is 45.1 cm³/mol. The van der Waals surface area contributed by atoms with Crippen molar-refractivity contribution >= 4 is 34.8 Å². The number of alkyl halides is 1. The summed E-state index contributed by atoms with van der Waals surface area (Å²) in [6.07, 6.45) is 0. The van der Waals surface area contributed by atoms with Gasteiger partial charge in [-0.05, 0) is 0 Å². The fourth-order valence-electron chi connectivity index (χ4n) is 0.716. The first-order valence-electron chi connectivity index (χ1n) is 2.92. The van der Waals surface area contributed by atoms with Crippen molar-refractivity contribution in [1.29, 1.82) is 0 Å². The Bertz CT molecular complexity index is 260. The number of rotatable bonds is 1. The molecule has 11 heavy (non-hydrogen) atoms. The zero-order valence-corrected chi connectivity index (χ0v) is 9.27. The van der Waals surface area contributed by atoms with Crippen molar-refractivity contribution in [2.24, 2.45) is 0 Å². The van der Waals surface area contributed by atoms with Gasteiger partial charge in [-0.25, -0.2) is 0 Å². The quantitative estimate of drug-likeness (QED) is 0.519. The first-order chi connectivity index (χ1) is 5.13. The van der Waals surface area contributed by atoms with Crippen molar-refractivity contribution in [3.8, 4) is 0 Å². The zero-order valence-electron chi connectivity index (χ0n) is 5.44. The molecule has 0 saturated carbocycles. The van der Waals surface area contributed by atoms with Crippen LogP contribution in [0.1, 0.15) is 9.25 Å². The molecule has 0 saturated heterocycles. The molecule has 0 bridgehead atoms. The van der Waals surface area contributed by atoms with Crippen LogP contribution in [0, 0.1) is 0 Å². The minimum atomic E-state index is -0.0961. The van der Waals surface area contributed by atoms with Gasteiger partial charge in [0.25, 0.3) is 0 Å². The zero-order chi connectivity index (χ0) is 8.43. The number of hydrogen-bond donors (Lipinski definition) is 0. The second-order valence-corrected chi connectivity index (χ2v) is 4.70. The average molecular weight is 242 g/mol. The summed E-state index contributed by atoms with van der Waals surface area (Å²) in [5.74, 6) is 0. The minimum absolute atomic E-state index is 0.0961. The van der Waals surface area contributed by atoms with Crippen LogP contribution in [0.3, 0.4) is 0 Å². The molecule has 0 aliphatic heterocycles. The summed E-state index contributed by atoms with van der Waals surface area (Å²) in [6.45, 7) is 0. The van der Waals surface area contributed by atoms with Gasteiger partial charge in [0.05, 0.1) is 0 Å². The van der Waals surface area contributed by atoms with E-state index in [9.17, 15) is 0 Å². The van der Waals surface area contributed by atoms with Crippen molar-refractivity contribution in [2.75, 3.05) is 0 Å². The molecule has 57 valence electrons. The van der Waals surface area contributed by atoms with E-state index in [1.54, 1.807) is 6.07 Å². The first kappa shape index (κ1) is 9.89. The Morgan fingerprint density at radius 3 is 2.36 bits per heavy atom. The molecule has 0 nitrogen and oxygen atoms in total. The molecule has 0 fully saturated rings. The molecular weight excluding hydrogens is 238 g/mol. The summed E-state index contributed by atoms with van der Waals surface area (Å²) in [5, 5.41) is 1.10. The maximum absolute atomic E-state index is 5.87. The van der Waals surface area contributed by atoms with Crippen LogP contribution >= 0.6 is 34.8 Å². The summed E-state index contributed by atoms with van der Waals surface area (Å²) in [7, 11) is 0. The molecule has 0 N–H and O–H groups in total. The molecule has 0 amide bonds. The van der Waals surface area contributed by atoms with Crippen LogP contribution in [0.5, 0.6) is 0 Å². The van der Waals surface area contributed by atoms with Gasteiger partial charge >= 0.3 is 92.7 Å². The van der Waals surface area contributed by atoms with E-state index in [2.05, 4.69) is 0 Å². The second kappa shape index (κ2) is 4.16. The molecule has 0 aliphatic carbocycles. The normalized spacial score (nSPS) is 12.9. The van der Waals surface area contributed by atoms with Crippen molar-refractivity contribution in [3.63, 3.8) is 0 Å². The van der Waals surface area contributed by atoms with Gasteiger partial charge in [-0.1, -0.05) is 0 Å². The van der Waals surface area contributed by atoms with E-state index < -0.39 is 0 Å². The summed E-state index contributed by atoms with van der Waals surface area (Å²) in [5.41, 5.74) is 0.876. The summed E-state index contributed by atoms with van der Waals surface area (Å²) < 4.78 is -0.0961. The van der Waals surface area contributed by atoms with Crippen LogP contribution in [0.4, 0.5) is 0 Å². The van der Waals surface area contributed by atoms with E-state index in [4.69, 9.17) is 34.8 Å². The van der Waals surface area contributed by atoms with Crippen molar-refractivity contribution in [2.45, 2.75) is 3.68 Å². The third-order valence-corrected chi connectivity index (χ3v) is 2.81. The fraction of sp³-hybridized carbons (Fsp3) is 0.143. The third-order valence-electron chi connectivity index (χ3n) is 1.25. The third kappa shape index (κ3) is 2.37. The Labute approximate surface area is 92.2 Å². The molecule has 0 spiro atoms. The number of benzene rings is 1. The van der Waals surface area contributed by atoms with E-state index in [-0.39, 0.29) is 3.68 Å². The second-order valence-electron chi connectivity index (χ2n) is 2.01. The Kier molecular flexibility index (Phi) is 3.74. The van der Waals surface area contributed by atoms with Gasteiger partial charge in [0.2, 0.25) is 0 Å².